The minimum atomic E-state index is 0.747. The Hall–Kier alpha value is -4.48. The fourth-order valence-electron chi connectivity index (χ4n) is 5.20. The minimum Gasteiger partial charge on any atom is -0.388 e. The zero-order chi connectivity index (χ0) is 44.7. The SMILES string of the molecule is C=C.C=C.C=C(Cc1ccc(C2=CCCCC2)cc1)Nc1ccc(-c2ccc(Cl)cc2C)cc1.CC.CC(C)C.CCCNC.CCc1ccc(C=O)cc1.COC. The molecule has 0 heterocycles. The van der Waals surface area contributed by atoms with E-state index >= 15 is 0 Å². The largest absolute Gasteiger partial charge is 0.388 e. The second-order valence-corrected chi connectivity index (χ2v) is 14.0. The van der Waals surface area contributed by atoms with E-state index in [4.69, 9.17) is 11.6 Å². The van der Waals surface area contributed by atoms with Crippen LogP contribution in [0.15, 0.2) is 136 Å². The summed E-state index contributed by atoms with van der Waals surface area (Å²) in [6, 6.07) is 31.1. The van der Waals surface area contributed by atoms with Gasteiger partial charge < -0.3 is 15.4 Å². The first-order chi connectivity index (χ1) is 28.0. The third-order valence-corrected chi connectivity index (χ3v) is 8.00. The molecular formula is C53H79ClN2O2. The first kappa shape index (κ1) is 57.8. The number of methoxy groups -OCH3 is 1. The lowest BCUT2D eigenvalue weighted by Gasteiger charge is -2.14. The van der Waals surface area contributed by atoms with E-state index in [2.05, 4.69) is 150 Å². The van der Waals surface area contributed by atoms with Crippen molar-refractivity contribution in [1.82, 2.24) is 5.32 Å². The lowest BCUT2D eigenvalue weighted by atomic mass is 9.93. The quantitative estimate of drug-likeness (QED) is 0.124. The molecular weight excluding hydrogens is 732 g/mol. The smallest absolute Gasteiger partial charge is 0.150 e. The lowest BCUT2D eigenvalue weighted by molar-refractivity contribution is 0.112. The van der Waals surface area contributed by atoms with Crippen molar-refractivity contribution in [2.75, 3.05) is 33.1 Å². The van der Waals surface area contributed by atoms with Crippen LogP contribution in [0, 0.1) is 12.8 Å². The molecule has 0 spiro atoms. The third-order valence-electron chi connectivity index (χ3n) is 7.76. The zero-order valence-electron chi connectivity index (χ0n) is 38.3. The first-order valence-electron chi connectivity index (χ1n) is 20.7. The van der Waals surface area contributed by atoms with Crippen LogP contribution in [0.25, 0.3) is 16.7 Å². The Morgan fingerprint density at radius 1 is 0.810 bits per heavy atom. The topological polar surface area (TPSA) is 50.4 Å². The molecule has 1 aliphatic carbocycles. The molecule has 0 atom stereocenters. The molecule has 0 bridgehead atoms. The molecule has 0 unspecified atom stereocenters. The maximum absolute atomic E-state index is 10.2. The van der Waals surface area contributed by atoms with E-state index in [0.717, 1.165) is 53.6 Å². The fraction of sp³-hybridized carbons (Fsp3) is 0.377. The predicted molar refractivity (Wildman–Crippen MR) is 264 cm³/mol. The van der Waals surface area contributed by atoms with Crippen LogP contribution in [-0.4, -0.2) is 34.1 Å². The average Bonchev–Trinajstić information content (AvgIpc) is 3.25. The fourth-order valence-corrected chi connectivity index (χ4v) is 5.42. The number of ether oxygens (including phenoxy) is 1. The molecule has 5 rings (SSSR count). The second kappa shape index (κ2) is 39.4. The lowest BCUT2D eigenvalue weighted by Crippen LogP contribution is -2.04. The maximum atomic E-state index is 10.2. The summed E-state index contributed by atoms with van der Waals surface area (Å²) in [5.41, 5.74) is 11.8. The molecule has 0 aromatic heterocycles. The van der Waals surface area contributed by atoms with Crippen molar-refractivity contribution < 1.29 is 9.53 Å². The highest BCUT2D eigenvalue weighted by Crippen LogP contribution is 2.29. The highest BCUT2D eigenvalue weighted by molar-refractivity contribution is 6.30. The van der Waals surface area contributed by atoms with E-state index in [-0.39, 0.29) is 0 Å². The van der Waals surface area contributed by atoms with Crippen LogP contribution < -0.4 is 10.6 Å². The van der Waals surface area contributed by atoms with Gasteiger partial charge in [0.05, 0.1) is 0 Å². The standard InChI is InChI=1S/C28H28ClN.C9H10O.C4H11N.C4H10.C2H6O.C2H6.2C2H4/c1-20-18-26(29)14-17-28(20)25-12-15-27(16-13-25)30-21(2)19-22-8-10-24(11-9-22)23-6-4-3-5-7-23;1-2-8-3-5-9(7-10)6-4-8;1-3-4-5-2;1-4(2)3;1-3-2;3*1-2/h6,8-18,30H,2-5,7,19H2,1H3;3-7H,2H2,1H3;5H,3-4H2,1-2H3;4H,1-3H3;1-2H3;1-2H3;2*1-2H2. The maximum Gasteiger partial charge on any atom is 0.150 e. The third kappa shape index (κ3) is 28.0. The van der Waals surface area contributed by atoms with Crippen molar-refractivity contribution in [3.05, 3.63) is 169 Å². The van der Waals surface area contributed by atoms with Crippen LogP contribution in [0.2, 0.25) is 5.02 Å². The number of hydrogen-bond donors (Lipinski definition) is 2. The van der Waals surface area contributed by atoms with Crippen LogP contribution in [0.1, 0.15) is 113 Å². The van der Waals surface area contributed by atoms with Crippen LogP contribution in [0.3, 0.4) is 0 Å². The molecule has 58 heavy (non-hydrogen) atoms. The summed E-state index contributed by atoms with van der Waals surface area (Å²) in [5.74, 6) is 0.833. The first-order valence-corrected chi connectivity index (χ1v) is 21.1. The minimum absolute atomic E-state index is 0.747. The van der Waals surface area contributed by atoms with Gasteiger partial charge in [0.15, 0.2) is 0 Å². The number of anilines is 1. The molecule has 0 fully saturated rings. The Kier molecular flexibility index (Phi) is 39.2. The molecule has 2 N–H and O–H groups in total. The number of carbonyl (C=O) groups excluding carboxylic acids is 1. The number of carbonyl (C=O) groups is 1. The second-order valence-electron chi connectivity index (χ2n) is 13.6. The van der Waals surface area contributed by atoms with Crippen LogP contribution in [0.4, 0.5) is 5.69 Å². The molecule has 0 amide bonds. The van der Waals surface area contributed by atoms with Gasteiger partial charge in [-0.1, -0.05) is 139 Å². The van der Waals surface area contributed by atoms with Gasteiger partial charge in [0, 0.05) is 42.6 Å². The summed E-state index contributed by atoms with van der Waals surface area (Å²) in [7, 11) is 5.21. The molecule has 4 nitrogen and oxygen atoms in total. The summed E-state index contributed by atoms with van der Waals surface area (Å²) in [5, 5.41) is 7.23. The van der Waals surface area contributed by atoms with Crippen LogP contribution in [0.5, 0.6) is 0 Å². The Labute approximate surface area is 361 Å². The van der Waals surface area contributed by atoms with Crippen molar-refractivity contribution >= 4 is 29.1 Å². The number of hydrogen-bond acceptors (Lipinski definition) is 4. The van der Waals surface area contributed by atoms with Gasteiger partial charge in [-0.3, -0.25) is 4.79 Å². The molecule has 4 aromatic rings. The van der Waals surface area contributed by atoms with Gasteiger partial charge in [0.25, 0.3) is 0 Å². The monoisotopic (exact) mass is 811 g/mol. The number of allylic oxidation sites excluding steroid dienone is 3. The molecule has 320 valence electrons. The van der Waals surface area contributed by atoms with Crippen molar-refractivity contribution in [3.8, 4) is 11.1 Å². The van der Waals surface area contributed by atoms with Gasteiger partial charge >= 0.3 is 0 Å². The van der Waals surface area contributed by atoms with Gasteiger partial charge in [0.1, 0.15) is 6.29 Å². The van der Waals surface area contributed by atoms with Gasteiger partial charge in [-0.05, 0) is 128 Å². The summed E-state index contributed by atoms with van der Waals surface area (Å²) in [6.07, 6.45) is 11.4. The van der Waals surface area contributed by atoms with E-state index in [1.165, 1.54) is 71.1 Å². The average molecular weight is 812 g/mol. The number of aldehydes is 1. The van der Waals surface area contributed by atoms with E-state index < -0.39 is 0 Å². The Balaban J connectivity index is -0.000000884. The van der Waals surface area contributed by atoms with E-state index in [9.17, 15) is 4.79 Å². The summed E-state index contributed by atoms with van der Waals surface area (Å²) >= 11 is 6.08. The van der Waals surface area contributed by atoms with Gasteiger partial charge in [-0.25, -0.2) is 0 Å². The molecule has 0 saturated heterocycles. The van der Waals surface area contributed by atoms with Crippen molar-refractivity contribution in [3.63, 3.8) is 0 Å². The highest BCUT2D eigenvalue weighted by atomic mass is 35.5. The van der Waals surface area contributed by atoms with E-state index in [0.29, 0.717) is 0 Å². The number of aryl methyl sites for hydroxylation is 2. The Morgan fingerprint density at radius 3 is 1.74 bits per heavy atom. The van der Waals surface area contributed by atoms with Crippen LogP contribution >= 0.6 is 11.6 Å². The summed E-state index contributed by atoms with van der Waals surface area (Å²) in [6.45, 7) is 34.2. The number of nitrogens with one attached hydrogen (secondary N) is 2. The molecule has 4 aromatic carbocycles. The zero-order valence-corrected chi connectivity index (χ0v) is 39.0. The van der Waals surface area contributed by atoms with Gasteiger partial charge in [0.2, 0.25) is 0 Å². The molecule has 0 aliphatic heterocycles. The van der Waals surface area contributed by atoms with Gasteiger partial charge in [-0.2, -0.15) is 0 Å². The van der Waals surface area contributed by atoms with Gasteiger partial charge in [-0.15, -0.1) is 26.3 Å². The molecule has 0 saturated carbocycles. The summed E-state index contributed by atoms with van der Waals surface area (Å²) in [4.78, 5) is 10.2. The summed E-state index contributed by atoms with van der Waals surface area (Å²) < 4.78 is 4.25. The van der Waals surface area contributed by atoms with Crippen molar-refractivity contribution in [2.24, 2.45) is 5.92 Å². The Bertz CT molecular complexity index is 1600. The molecule has 5 heteroatoms. The highest BCUT2D eigenvalue weighted by Gasteiger charge is 2.07. The predicted octanol–water partition coefficient (Wildman–Crippen LogP) is 15.7. The van der Waals surface area contributed by atoms with Crippen LogP contribution in [-0.2, 0) is 17.6 Å². The van der Waals surface area contributed by atoms with Crippen molar-refractivity contribution in [1.29, 1.82) is 0 Å². The van der Waals surface area contributed by atoms with Crippen molar-refractivity contribution in [2.45, 2.75) is 100 Å². The van der Waals surface area contributed by atoms with E-state index in [1.807, 2.05) is 57.3 Å². The molecule has 1 aliphatic rings. The normalized spacial score (nSPS) is 10.5. The Morgan fingerprint density at radius 2 is 1.33 bits per heavy atom. The molecule has 0 radical (unpaired) electrons. The number of rotatable bonds is 10. The number of halogens is 1. The van der Waals surface area contributed by atoms with E-state index in [1.54, 1.807) is 14.2 Å². The number of benzene rings is 4.